The summed E-state index contributed by atoms with van der Waals surface area (Å²) in [6.07, 6.45) is 4.80. The lowest BCUT2D eigenvalue weighted by atomic mass is 9.79. The van der Waals surface area contributed by atoms with Gasteiger partial charge in [0, 0.05) is 11.6 Å². The molecule has 23 heavy (non-hydrogen) atoms. The zero-order valence-electron chi connectivity index (χ0n) is 13.5. The molecular formula is C17H21N5O. The van der Waals surface area contributed by atoms with Crippen molar-refractivity contribution in [2.45, 2.75) is 44.9 Å². The largest absolute Gasteiger partial charge is 0.326 e. The molecule has 1 aromatic carbocycles. The first-order chi connectivity index (χ1) is 11.0. The fraction of sp³-hybridized carbons (Fsp3) is 0.529. The number of H-pyrrole nitrogens is 1. The molecule has 1 amide bonds. The number of hydrogen-bond donors (Lipinski definition) is 2. The highest BCUT2D eigenvalue weighted by atomic mass is 16.2. The van der Waals surface area contributed by atoms with Gasteiger partial charge in [0.25, 0.3) is 0 Å². The second kappa shape index (κ2) is 4.88. The molecule has 1 heterocycles. The van der Waals surface area contributed by atoms with Gasteiger partial charge in [0.1, 0.15) is 0 Å². The summed E-state index contributed by atoms with van der Waals surface area (Å²) >= 11 is 0. The Bertz CT molecular complexity index is 716. The summed E-state index contributed by atoms with van der Waals surface area (Å²) in [6.45, 7) is 4.10. The van der Waals surface area contributed by atoms with Crippen LogP contribution in [-0.4, -0.2) is 26.5 Å². The molecule has 2 N–H and O–H groups in total. The molecule has 4 rings (SSSR count). The smallest absolute Gasteiger partial charge is 0.228 e. The van der Waals surface area contributed by atoms with Crippen LogP contribution in [0.3, 0.4) is 0 Å². The van der Waals surface area contributed by atoms with E-state index in [-0.39, 0.29) is 17.2 Å². The predicted molar refractivity (Wildman–Crippen MR) is 85.8 cm³/mol. The van der Waals surface area contributed by atoms with Gasteiger partial charge in [-0.15, -0.1) is 10.2 Å². The molecule has 0 bridgehead atoms. The van der Waals surface area contributed by atoms with Crippen LogP contribution in [0.4, 0.5) is 5.69 Å². The van der Waals surface area contributed by atoms with E-state index in [2.05, 4.69) is 39.8 Å². The van der Waals surface area contributed by atoms with E-state index in [4.69, 9.17) is 0 Å². The van der Waals surface area contributed by atoms with Crippen LogP contribution in [0.1, 0.15) is 50.9 Å². The van der Waals surface area contributed by atoms with Crippen molar-refractivity contribution in [3.63, 3.8) is 0 Å². The summed E-state index contributed by atoms with van der Waals surface area (Å²) in [5.41, 5.74) is 1.97. The van der Waals surface area contributed by atoms with Crippen LogP contribution in [-0.2, 0) is 10.2 Å². The molecule has 1 atom stereocenters. The van der Waals surface area contributed by atoms with Crippen LogP contribution >= 0.6 is 0 Å². The number of benzene rings is 1. The molecule has 2 saturated carbocycles. The summed E-state index contributed by atoms with van der Waals surface area (Å²) in [5.74, 6) is 1.06. The van der Waals surface area contributed by atoms with Crippen LogP contribution < -0.4 is 5.32 Å². The van der Waals surface area contributed by atoms with Gasteiger partial charge in [0.15, 0.2) is 5.82 Å². The molecule has 2 aliphatic carbocycles. The lowest BCUT2D eigenvalue weighted by Gasteiger charge is -2.26. The van der Waals surface area contributed by atoms with Crippen molar-refractivity contribution in [2.24, 2.45) is 11.3 Å². The Balaban J connectivity index is 1.45. The quantitative estimate of drug-likeness (QED) is 0.909. The second-order valence-electron chi connectivity index (χ2n) is 7.40. The molecule has 0 saturated heterocycles. The van der Waals surface area contributed by atoms with Crippen molar-refractivity contribution in [1.82, 2.24) is 20.6 Å². The summed E-state index contributed by atoms with van der Waals surface area (Å²) in [5, 5.41) is 17.3. The number of anilines is 1. The van der Waals surface area contributed by atoms with Crippen molar-refractivity contribution < 1.29 is 4.79 Å². The van der Waals surface area contributed by atoms with Gasteiger partial charge in [-0.1, -0.05) is 23.8 Å². The van der Waals surface area contributed by atoms with E-state index in [1.807, 2.05) is 24.3 Å². The van der Waals surface area contributed by atoms with E-state index in [0.717, 1.165) is 17.7 Å². The number of carbonyl (C=O) groups is 1. The number of aromatic amines is 1. The van der Waals surface area contributed by atoms with Gasteiger partial charge in [0.05, 0.1) is 5.41 Å². The molecule has 6 heteroatoms. The van der Waals surface area contributed by atoms with Gasteiger partial charge in [-0.3, -0.25) is 4.79 Å². The normalized spacial score (nSPS) is 21.7. The molecule has 2 fully saturated rings. The average molecular weight is 311 g/mol. The van der Waals surface area contributed by atoms with E-state index >= 15 is 0 Å². The molecular weight excluding hydrogens is 290 g/mol. The van der Waals surface area contributed by atoms with E-state index < -0.39 is 0 Å². The SMILES string of the molecule is CC(C)(c1ccc(NC(=O)C2CC23CCC3)cc1)c1nn[nH]n1. The van der Waals surface area contributed by atoms with Gasteiger partial charge in [-0.2, -0.15) is 5.21 Å². The molecule has 6 nitrogen and oxygen atoms in total. The summed E-state index contributed by atoms with van der Waals surface area (Å²) in [7, 11) is 0. The summed E-state index contributed by atoms with van der Waals surface area (Å²) in [6, 6.07) is 7.92. The van der Waals surface area contributed by atoms with Crippen LogP contribution in [0.15, 0.2) is 24.3 Å². The number of nitrogens with zero attached hydrogens (tertiary/aromatic N) is 3. The summed E-state index contributed by atoms with van der Waals surface area (Å²) in [4.78, 5) is 12.3. The van der Waals surface area contributed by atoms with Gasteiger partial charge >= 0.3 is 0 Å². The Morgan fingerprint density at radius 1 is 1.30 bits per heavy atom. The standard InChI is InChI=1S/C17H21N5O/c1-16(2,15-19-21-22-20-15)11-4-6-12(7-5-11)18-14(23)13-10-17(13)8-3-9-17/h4-7,13H,3,8-10H2,1-2H3,(H,18,23)(H,19,20,21,22). The highest BCUT2D eigenvalue weighted by Crippen LogP contribution is 2.65. The van der Waals surface area contributed by atoms with Crippen molar-refractivity contribution >= 4 is 11.6 Å². The maximum Gasteiger partial charge on any atom is 0.228 e. The van der Waals surface area contributed by atoms with Gasteiger partial charge in [0.2, 0.25) is 5.91 Å². The second-order valence-corrected chi connectivity index (χ2v) is 7.40. The summed E-state index contributed by atoms with van der Waals surface area (Å²) < 4.78 is 0. The molecule has 0 radical (unpaired) electrons. The number of nitrogens with one attached hydrogen (secondary N) is 2. The third-order valence-corrected chi connectivity index (χ3v) is 5.63. The zero-order chi connectivity index (χ0) is 16.1. The molecule has 1 aromatic heterocycles. The molecule has 120 valence electrons. The molecule has 1 unspecified atom stereocenters. The third-order valence-electron chi connectivity index (χ3n) is 5.63. The Kier molecular flexibility index (Phi) is 3.04. The van der Waals surface area contributed by atoms with Crippen LogP contribution in [0.25, 0.3) is 0 Å². The monoisotopic (exact) mass is 311 g/mol. The minimum atomic E-state index is -0.331. The predicted octanol–water partition coefficient (Wildman–Crippen LogP) is 2.65. The number of rotatable bonds is 4. The highest BCUT2D eigenvalue weighted by Gasteiger charge is 2.60. The fourth-order valence-electron chi connectivity index (χ4n) is 3.66. The number of tetrazole rings is 1. The maximum absolute atomic E-state index is 12.3. The Hall–Kier alpha value is -2.24. The van der Waals surface area contributed by atoms with E-state index in [9.17, 15) is 4.79 Å². The number of hydrogen-bond acceptors (Lipinski definition) is 4. The Morgan fingerprint density at radius 3 is 2.57 bits per heavy atom. The lowest BCUT2D eigenvalue weighted by molar-refractivity contribution is -0.118. The van der Waals surface area contributed by atoms with Crippen LogP contribution in [0.2, 0.25) is 0 Å². The molecule has 0 aliphatic heterocycles. The first-order valence-electron chi connectivity index (χ1n) is 8.17. The zero-order valence-corrected chi connectivity index (χ0v) is 13.5. The third kappa shape index (κ3) is 2.33. The van der Waals surface area contributed by atoms with Crippen molar-refractivity contribution in [3.8, 4) is 0 Å². The van der Waals surface area contributed by atoms with Gasteiger partial charge < -0.3 is 5.32 Å². The number of amides is 1. The first kappa shape index (κ1) is 14.4. The maximum atomic E-state index is 12.3. The van der Waals surface area contributed by atoms with E-state index in [1.165, 1.54) is 19.3 Å². The minimum absolute atomic E-state index is 0.176. The van der Waals surface area contributed by atoms with E-state index in [0.29, 0.717) is 11.2 Å². The fourth-order valence-corrected chi connectivity index (χ4v) is 3.66. The topological polar surface area (TPSA) is 83.6 Å². The van der Waals surface area contributed by atoms with Crippen LogP contribution in [0.5, 0.6) is 0 Å². The van der Waals surface area contributed by atoms with Gasteiger partial charge in [-0.25, -0.2) is 0 Å². The van der Waals surface area contributed by atoms with Crippen molar-refractivity contribution in [2.75, 3.05) is 5.32 Å². The average Bonchev–Trinajstić information content (AvgIpc) is 3.04. The Labute approximate surface area is 135 Å². The van der Waals surface area contributed by atoms with Crippen LogP contribution in [0, 0.1) is 11.3 Å². The molecule has 1 spiro atoms. The molecule has 2 aliphatic rings. The minimum Gasteiger partial charge on any atom is -0.326 e. The van der Waals surface area contributed by atoms with Crippen molar-refractivity contribution in [3.05, 3.63) is 35.7 Å². The highest BCUT2D eigenvalue weighted by molar-refractivity contribution is 5.95. The van der Waals surface area contributed by atoms with E-state index in [1.54, 1.807) is 0 Å². The lowest BCUT2D eigenvalue weighted by Crippen LogP contribution is -2.23. The van der Waals surface area contributed by atoms with Crippen molar-refractivity contribution in [1.29, 1.82) is 0 Å². The number of aromatic nitrogens is 4. The first-order valence-corrected chi connectivity index (χ1v) is 8.17. The Morgan fingerprint density at radius 2 is 2.04 bits per heavy atom. The van der Waals surface area contributed by atoms with Gasteiger partial charge in [-0.05, 0) is 56.2 Å². The number of carbonyl (C=O) groups excluding carboxylic acids is 1. The molecule has 2 aromatic rings.